The van der Waals surface area contributed by atoms with Gasteiger partial charge in [0.25, 0.3) is 5.56 Å². The second kappa shape index (κ2) is 13.3. The van der Waals surface area contributed by atoms with Crippen LogP contribution in [0.1, 0.15) is 69.1 Å². The van der Waals surface area contributed by atoms with Gasteiger partial charge in [0.2, 0.25) is 20.0 Å². The zero-order valence-corrected chi connectivity index (χ0v) is 28.5. The molecule has 1 aromatic heterocycles. The van der Waals surface area contributed by atoms with Gasteiger partial charge >= 0.3 is 0 Å². The molecule has 0 saturated carbocycles. The first kappa shape index (κ1) is 35.7. The average Bonchev–Trinajstić information content (AvgIpc) is 2.94. The van der Waals surface area contributed by atoms with Crippen LogP contribution in [-0.2, 0) is 38.5 Å². The summed E-state index contributed by atoms with van der Waals surface area (Å²) in [5.41, 5.74) is -0.986. The van der Waals surface area contributed by atoms with E-state index in [1.165, 1.54) is 62.0 Å². The number of carbonyl (C=O) groups excluding carboxylic acids is 1. The second-order valence-corrected chi connectivity index (χ2v) is 17.9. The van der Waals surface area contributed by atoms with Crippen LogP contribution in [0.4, 0.5) is 10.1 Å². The molecule has 2 aromatic carbocycles. The zero-order chi connectivity index (χ0) is 33.4. The van der Waals surface area contributed by atoms with Crippen molar-refractivity contribution in [2.75, 3.05) is 15.2 Å². The molecule has 15 heteroatoms. The minimum atomic E-state index is -4.57. The number of hydrogen-bond donors (Lipinski definition) is 1. The Hall–Kier alpha value is -2.75. The van der Waals surface area contributed by atoms with Crippen molar-refractivity contribution in [1.29, 1.82) is 0 Å². The van der Waals surface area contributed by atoms with Gasteiger partial charge in [0, 0.05) is 52.4 Å². The Morgan fingerprint density at radius 2 is 1.59 bits per heavy atom. The summed E-state index contributed by atoms with van der Waals surface area (Å²) in [5.74, 6) is -3.26. The van der Waals surface area contributed by atoms with Gasteiger partial charge in [0.05, 0.1) is 17.5 Å². The average molecular weight is 688 g/mol. The maximum absolute atomic E-state index is 15.9. The van der Waals surface area contributed by atoms with Crippen LogP contribution in [0, 0.1) is 5.82 Å². The van der Waals surface area contributed by atoms with Crippen molar-refractivity contribution in [3.8, 4) is 11.1 Å². The largest absolute Gasteiger partial charge is 0.598 e. The molecule has 0 amide bonds. The number of rotatable bonds is 11. The fourth-order valence-corrected chi connectivity index (χ4v) is 8.50. The molecule has 0 bridgehead atoms. The van der Waals surface area contributed by atoms with Gasteiger partial charge in [-0.2, -0.15) is 3.71 Å². The Morgan fingerprint density at radius 3 is 2.09 bits per heavy atom. The first-order valence-corrected chi connectivity index (χ1v) is 18.3. The van der Waals surface area contributed by atoms with Crippen molar-refractivity contribution in [1.82, 2.24) is 9.29 Å². The molecule has 240 valence electrons. The predicted molar refractivity (Wildman–Crippen MR) is 173 cm³/mol. The number of ketones is 1. The smallest absolute Gasteiger partial charge is 0.250 e. The summed E-state index contributed by atoms with van der Waals surface area (Å²) < 4.78 is 84.7. The van der Waals surface area contributed by atoms with Gasteiger partial charge < -0.3 is 9.12 Å². The van der Waals surface area contributed by atoms with Crippen LogP contribution >= 0.6 is 11.6 Å². The topological polar surface area (TPSA) is 146 Å². The van der Waals surface area contributed by atoms with Crippen molar-refractivity contribution >= 4 is 54.5 Å². The predicted octanol–water partition coefficient (Wildman–Crippen LogP) is 4.69. The molecular weight excluding hydrogens is 653 g/mol. The van der Waals surface area contributed by atoms with Crippen molar-refractivity contribution in [2.24, 2.45) is 7.05 Å². The first-order valence-electron chi connectivity index (χ1n) is 13.5. The highest BCUT2D eigenvalue weighted by Crippen LogP contribution is 2.38. The third kappa shape index (κ3) is 7.54. The van der Waals surface area contributed by atoms with E-state index in [1.54, 1.807) is 27.7 Å². The summed E-state index contributed by atoms with van der Waals surface area (Å²) in [6, 6.07) is 8.04. The van der Waals surface area contributed by atoms with Crippen LogP contribution < -0.4 is 14.0 Å². The minimum absolute atomic E-state index is 0.0490. The van der Waals surface area contributed by atoms with Gasteiger partial charge in [0.15, 0.2) is 5.78 Å². The van der Waals surface area contributed by atoms with E-state index in [1.807, 2.05) is 0 Å². The summed E-state index contributed by atoms with van der Waals surface area (Å²) in [4.78, 5) is 26.6. The zero-order valence-electron chi connectivity index (χ0n) is 25.3. The summed E-state index contributed by atoms with van der Waals surface area (Å²) in [7, 11) is -7.69. The van der Waals surface area contributed by atoms with E-state index in [0.29, 0.717) is 5.02 Å². The van der Waals surface area contributed by atoms with Crippen LogP contribution in [0.15, 0.2) is 53.5 Å². The molecule has 0 radical (unpaired) electrons. The number of carbonyl (C=O) groups is 1. The summed E-state index contributed by atoms with van der Waals surface area (Å²) >= 11 is 4.39. The fraction of sp³-hybridized carbons (Fsp3) is 0.379. The lowest BCUT2D eigenvalue weighted by molar-refractivity contribution is 0.103. The highest BCUT2D eigenvalue weighted by molar-refractivity contribution is 8.10. The molecule has 3 rings (SSSR count). The summed E-state index contributed by atoms with van der Waals surface area (Å²) in [6.45, 7) is 9.33. The number of nitrogens with one attached hydrogen (secondary N) is 1. The second-order valence-electron chi connectivity index (χ2n) is 11.0. The number of aryl methyl sites for hydroxylation is 1. The van der Waals surface area contributed by atoms with Gasteiger partial charge in [-0.25, -0.2) is 21.2 Å². The number of anilines is 1. The van der Waals surface area contributed by atoms with Gasteiger partial charge in [-0.15, -0.1) is 4.72 Å². The van der Waals surface area contributed by atoms with E-state index in [-0.39, 0.29) is 31.5 Å². The normalized spacial score (nSPS) is 13.9. The minimum Gasteiger partial charge on any atom is -0.598 e. The van der Waals surface area contributed by atoms with Crippen molar-refractivity contribution in [3.63, 3.8) is 0 Å². The van der Waals surface area contributed by atoms with Gasteiger partial charge in [-0.05, 0) is 89.1 Å². The number of benzene rings is 2. The molecule has 0 aliphatic carbocycles. The molecule has 1 heterocycles. The van der Waals surface area contributed by atoms with Crippen LogP contribution in [0.3, 0.4) is 0 Å². The molecule has 0 aliphatic rings. The molecule has 0 unspecified atom stereocenters. The van der Waals surface area contributed by atoms with E-state index < -0.39 is 76.6 Å². The van der Waals surface area contributed by atoms with E-state index in [2.05, 4.69) is 4.72 Å². The SMILES string of the molecule is CCS(=O)(=O)N(c1cc(-c2cn(C)c(=O)cc2[C@@H](C)N[S@@+]([O-])C(C)(C)C)c(C(=O)c2ccc(Cl)cc2)cc1F)S(=O)(=O)CC. The lowest BCUT2D eigenvalue weighted by atomic mass is 9.90. The van der Waals surface area contributed by atoms with Crippen LogP contribution in [0.5, 0.6) is 0 Å². The van der Waals surface area contributed by atoms with E-state index in [0.717, 1.165) is 12.1 Å². The molecule has 3 aromatic rings. The number of halogens is 2. The van der Waals surface area contributed by atoms with Gasteiger partial charge in [-0.3, -0.25) is 9.59 Å². The Labute approximate surface area is 265 Å². The fourth-order valence-electron chi connectivity index (χ4n) is 4.20. The molecule has 44 heavy (non-hydrogen) atoms. The Kier molecular flexibility index (Phi) is 10.8. The number of nitrogens with zero attached hydrogens (tertiary/aromatic N) is 2. The van der Waals surface area contributed by atoms with Crippen molar-refractivity contribution in [3.05, 3.63) is 86.5 Å². The maximum Gasteiger partial charge on any atom is 0.250 e. The summed E-state index contributed by atoms with van der Waals surface area (Å²) in [5, 5.41) is 0.348. The standard InChI is InChI=1S/C29H35ClFN3O7S3/c1-8-43(38,39)34(44(40,41)9-2)26-15-22(23(14-25(26)31)28(36)19-10-12-20(30)13-11-19)24-17-33(7)27(35)16-21(24)18(3)32-42(37)29(4,5)6/h10-18,32H,8-9H2,1-7H3/t18-,42+/m1/s1. The maximum atomic E-state index is 15.9. The van der Waals surface area contributed by atoms with E-state index in [9.17, 15) is 31.0 Å². The Balaban J connectivity index is 2.48. The van der Waals surface area contributed by atoms with E-state index in [4.69, 9.17) is 11.6 Å². The lowest BCUT2D eigenvalue weighted by Gasteiger charge is -2.28. The van der Waals surface area contributed by atoms with Gasteiger partial charge in [-0.1, -0.05) is 11.6 Å². The Bertz CT molecular complexity index is 1810. The first-order chi connectivity index (χ1) is 20.2. The third-order valence-electron chi connectivity index (χ3n) is 6.73. The molecule has 1 N–H and O–H groups in total. The monoisotopic (exact) mass is 687 g/mol. The van der Waals surface area contributed by atoms with E-state index >= 15 is 4.39 Å². The molecule has 0 aliphatic heterocycles. The van der Waals surface area contributed by atoms with Crippen molar-refractivity contribution < 1.29 is 30.6 Å². The lowest BCUT2D eigenvalue weighted by Crippen LogP contribution is -2.41. The molecule has 2 atom stereocenters. The molecular formula is C29H35ClFN3O7S3. The van der Waals surface area contributed by atoms with Gasteiger partial charge in [0.1, 0.15) is 16.3 Å². The van der Waals surface area contributed by atoms with Crippen LogP contribution in [0.2, 0.25) is 5.02 Å². The number of sulfonamides is 2. The van der Waals surface area contributed by atoms with Crippen molar-refractivity contribution in [2.45, 2.75) is 52.3 Å². The highest BCUT2D eigenvalue weighted by Gasteiger charge is 2.36. The van der Waals surface area contributed by atoms with Crippen LogP contribution in [-0.4, -0.2) is 48.0 Å². The molecule has 10 nitrogen and oxygen atoms in total. The third-order valence-corrected chi connectivity index (χ3v) is 12.9. The number of hydrogen-bond acceptors (Lipinski definition) is 8. The molecule has 0 fully saturated rings. The molecule has 0 spiro atoms. The number of aromatic nitrogens is 1. The molecule has 0 saturated heterocycles. The number of pyridine rings is 1. The highest BCUT2D eigenvalue weighted by atomic mass is 35.5. The van der Waals surface area contributed by atoms with Crippen LogP contribution in [0.25, 0.3) is 11.1 Å². The quantitative estimate of drug-likeness (QED) is 0.226. The summed E-state index contributed by atoms with van der Waals surface area (Å²) in [6.07, 6.45) is 1.37. The Morgan fingerprint density at radius 1 is 1.05 bits per heavy atom.